The molecule has 22 heavy (non-hydrogen) atoms. The molecule has 0 radical (unpaired) electrons. The van der Waals surface area contributed by atoms with Gasteiger partial charge in [-0.15, -0.1) is 0 Å². The van der Waals surface area contributed by atoms with Gasteiger partial charge < -0.3 is 29.3 Å². The van der Waals surface area contributed by atoms with E-state index < -0.39 is 37.7 Å². The summed E-state index contributed by atoms with van der Waals surface area (Å²) in [6, 6.07) is 0.411. The van der Waals surface area contributed by atoms with Crippen LogP contribution in [-0.4, -0.2) is 65.4 Å². The van der Waals surface area contributed by atoms with E-state index in [2.05, 4.69) is 4.74 Å². The number of aliphatic hydroxyl groups is 2. The number of allylic oxidation sites excluding steroid dienone is 1. The first kappa shape index (κ1) is 16.6. The smallest absolute Gasteiger partial charge is 0.431 e. The third-order valence-electron chi connectivity index (χ3n) is 3.64. The molecule has 1 saturated heterocycles. The molecule has 2 heterocycles. The van der Waals surface area contributed by atoms with Crippen molar-refractivity contribution < 1.29 is 34.0 Å². The summed E-state index contributed by atoms with van der Waals surface area (Å²) in [6.07, 6.45) is 1.45. The summed E-state index contributed by atoms with van der Waals surface area (Å²) in [6.45, 7) is 1.32. The molecule has 2 aliphatic heterocycles. The van der Waals surface area contributed by atoms with Crippen LogP contribution in [0, 0.1) is 0 Å². The van der Waals surface area contributed by atoms with Crippen molar-refractivity contribution in [1.29, 1.82) is 0 Å². The number of ether oxygens (including phenoxy) is 3. The lowest BCUT2D eigenvalue weighted by molar-refractivity contribution is -0.167. The lowest BCUT2D eigenvalue weighted by Crippen LogP contribution is -2.50. The van der Waals surface area contributed by atoms with E-state index in [1.165, 1.54) is 6.92 Å². The van der Waals surface area contributed by atoms with Crippen LogP contribution in [0.3, 0.4) is 0 Å². The Balaban J connectivity index is 1.74. The summed E-state index contributed by atoms with van der Waals surface area (Å²) >= 11 is 0. The summed E-state index contributed by atoms with van der Waals surface area (Å²) in [5.74, 6) is -0.528. The molecule has 3 unspecified atom stereocenters. The van der Waals surface area contributed by atoms with Gasteiger partial charge in [0.25, 0.3) is 0 Å². The topological polar surface area (TPSA) is 106 Å². The number of esters is 1. The molecule has 0 aromatic heterocycles. The molecular formula is C14H21NO7. The van der Waals surface area contributed by atoms with Crippen molar-refractivity contribution in [1.82, 2.24) is 4.90 Å². The van der Waals surface area contributed by atoms with E-state index in [1.54, 1.807) is 0 Å². The fourth-order valence-electron chi connectivity index (χ4n) is 2.41. The first-order valence-corrected chi connectivity index (χ1v) is 7.31. The van der Waals surface area contributed by atoms with Gasteiger partial charge in [0.2, 0.25) is 6.29 Å². The Bertz CT molecular complexity index is 450. The minimum atomic E-state index is -1.17. The minimum absolute atomic E-state index is 0.392. The molecule has 2 N–H and O–H groups in total. The second kappa shape index (κ2) is 7.46. The molecule has 0 saturated carbocycles. The minimum Gasteiger partial charge on any atom is -0.431 e. The highest BCUT2D eigenvalue weighted by molar-refractivity contribution is 5.88. The van der Waals surface area contributed by atoms with Crippen molar-refractivity contribution in [3.05, 3.63) is 11.8 Å². The molecule has 0 aromatic carbocycles. The van der Waals surface area contributed by atoms with Gasteiger partial charge in [0, 0.05) is 19.5 Å². The lowest BCUT2D eigenvalue weighted by atomic mass is 9.92. The molecule has 0 aromatic rings. The van der Waals surface area contributed by atoms with Gasteiger partial charge in [-0.25, -0.2) is 9.59 Å². The third kappa shape index (κ3) is 4.11. The average Bonchev–Trinajstić information content (AvgIpc) is 2.45. The molecular weight excluding hydrogens is 294 g/mol. The molecule has 8 nitrogen and oxygen atoms in total. The predicted molar refractivity (Wildman–Crippen MR) is 73.5 cm³/mol. The van der Waals surface area contributed by atoms with Gasteiger partial charge in [0.15, 0.2) is 0 Å². The predicted octanol–water partition coefficient (Wildman–Crippen LogP) is 0.134. The highest BCUT2D eigenvalue weighted by atomic mass is 16.8. The monoisotopic (exact) mass is 315 g/mol. The number of aliphatic hydroxyl groups excluding tert-OH is 2. The first-order chi connectivity index (χ1) is 10.5. The number of carbonyl (C=O) groups is 2. The quantitative estimate of drug-likeness (QED) is 0.526. The Kier molecular flexibility index (Phi) is 5.62. The number of rotatable bonds is 6. The first-order valence-electron chi connectivity index (χ1n) is 7.31. The standard InChI is InChI=1S/C14H21NO7/c1-9(22-14(19)20-8-11(17)7-16)21-13(18)12-4-2-3-10-5-6-15(10)12/h4,9-11,16-17H,2-3,5-8H2,1H3. The van der Waals surface area contributed by atoms with Gasteiger partial charge in [-0.1, -0.05) is 6.08 Å². The van der Waals surface area contributed by atoms with Crippen LogP contribution in [0.15, 0.2) is 11.8 Å². The van der Waals surface area contributed by atoms with Crippen LogP contribution in [-0.2, 0) is 19.0 Å². The second-order valence-corrected chi connectivity index (χ2v) is 5.29. The highest BCUT2D eigenvalue weighted by Gasteiger charge is 2.35. The van der Waals surface area contributed by atoms with Crippen LogP contribution in [0.2, 0.25) is 0 Å². The molecule has 2 rings (SSSR count). The molecule has 0 spiro atoms. The van der Waals surface area contributed by atoms with Gasteiger partial charge in [-0.2, -0.15) is 0 Å². The number of hydrogen-bond donors (Lipinski definition) is 2. The van der Waals surface area contributed by atoms with Gasteiger partial charge in [0.1, 0.15) is 18.4 Å². The van der Waals surface area contributed by atoms with E-state index in [1.807, 2.05) is 11.0 Å². The van der Waals surface area contributed by atoms with Crippen LogP contribution in [0.25, 0.3) is 0 Å². The number of hydrogen-bond acceptors (Lipinski definition) is 8. The van der Waals surface area contributed by atoms with Gasteiger partial charge >= 0.3 is 12.1 Å². The van der Waals surface area contributed by atoms with E-state index in [9.17, 15) is 9.59 Å². The van der Waals surface area contributed by atoms with Crippen LogP contribution in [0.5, 0.6) is 0 Å². The molecule has 124 valence electrons. The van der Waals surface area contributed by atoms with Crippen molar-refractivity contribution in [3.63, 3.8) is 0 Å². The van der Waals surface area contributed by atoms with Gasteiger partial charge in [-0.3, -0.25) is 0 Å². The maximum atomic E-state index is 12.1. The fraction of sp³-hybridized carbons (Fsp3) is 0.714. The van der Waals surface area contributed by atoms with Crippen molar-refractivity contribution >= 4 is 12.1 Å². The summed E-state index contributed by atoms with van der Waals surface area (Å²) in [7, 11) is 0. The third-order valence-corrected chi connectivity index (χ3v) is 3.64. The molecule has 8 heteroatoms. The SMILES string of the molecule is CC(OC(=O)OCC(O)CO)OC(=O)C1=CCCC2CCN12. The summed E-state index contributed by atoms with van der Waals surface area (Å²) in [5.41, 5.74) is 0.516. The molecule has 0 amide bonds. The van der Waals surface area contributed by atoms with Crippen molar-refractivity contribution in [2.45, 2.75) is 44.6 Å². The zero-order valence-electron chi connectivity index (χ0n) is 12.4. The zero-order valence-corrected chi connectivity index (χ0v) is 12.4. The van der Waals surface area contributed by atoms with Crippen molar-refractivity contribution in [2.75, 3.05) is 19.8 Å². The van der Waals surface area contributed by atoms with Crippen molar-refractivity contribution in [2.24, 2.45) is 0 Å². The Morgan fingerprint density at radius 1 is 1.41 bits per heavy atom. The fourth-order valence-corrected chi connectivity index (χ4v) is 2.41. The van der Waals surface area contributed by atoms with Gasteiger partial charge in [0.05, 0.1) is 6.61 Å². The molecule has 1 fully saturated rings. The van der Waals surface area contributed by atoms with E-state index in [0.29, 0.717) is 11.7 Å². The second-order valence-electron chi connectivity index (χ2n) is 5.29. The van der Waals surface area contributed by atoms with E-state index in [0.717, 1.165) is 25.8 Å². The summed E-state index contributed by atoms with van der Waals surface area (Å²) in [4.78, 5) is 25.4. The van der Waals surface area contributed by atoms with E-state index in [4.69, 9.17) is 19.7 Å². The largest absolute Gasteiger partial charge is 0.511 e. The molecule has 0 bridgehead atoms. The molecule has 0 aliphatic carbocycles. The van der Waals surface area contributed by atoms with Gasteiger partial charge in [-0.05, 0) is 19.3 Å². The Labute approximate surface area is 128 Å². The maximum absolute atomic E-state index is 12.1. The Hall–Kier alpha value is -1.80. The Morgan fingerprint density at radius 2 is 2.18 bits per heavy atom. The average molecular weight is 315 g/mol. The van der Waals surface area contributed by atoms with E-state index >= 15 is 0 Å². The number of carbonyl (C=O) groups excluding carboxylic acids is 2. The number of fused-ring (bicyclic) bond motifs is 1. The number of nitrogens with zero attached hydrogens (tertiary/aromatic N) is 1. The molecule has 3 atom stereocenters. The Morgan fingerprint density at radius 3 is 2.82 bits per heavy atom. The zero-order chi connectivity index (χ0) is 16.1. The van der Waals surface area contributed by atoms with Crippen LogP contribution >= 0.6 is 0 Å². The summed E-state index contributed by atoms with van der Waals surface area (Å²) < 4.78 is 14.4. The normalized spacial score (nSPS) is 22.6. The van der Waals surface area contributed by atoms with E-state index in [-0.39, 0.29) is 0 Å². The maximum Gasteiger partial charge on any atom is 0.511 e. The van der Waals surface area contributed by atoms with Crippen molar-refractivity contribution in [3.8, 4) is 0 Å². The highest BCUT2D eigenvalue weighted by Crippen LogP contribution is 2.31. The summed E-state index contributed by atoms with van der Waals surface area (Å²) in [5, 5.41) is 17.6. The molecule has 2 aliphatic rings. The van der Waals surface area contributed by atoms with Crippen LogP contribution < -0.4 is 0 Å². The van der Waals surface area contributed by atoms with Crippen LogP contribution in [0.1, 0.15) is 26.2 Å². The lowest BCUT2D eigenvalue weighted by Gasteiger charge is -2.45. The van der Waals surface area contributed by atoms with Crippen LogP contribution in [0.4, 0.5) is 4.79 Å².